The van der Waals surface area contributed by atoms with Crippen LogP contribution in [0.3, 0.4) is 0 Å². The fraction of sp³-hybridized carbons (Fsp3) is 0.588. The summed E-state index contributed by atoms with van der Waals surface area (Å²) in [6, 6.07) is 7.44. The number of halogens is 3. The Hall–Kier alpha value is -1.72. The molecule has 0 aliphatic carbocycles. The van der Waals surface area contributed by atoms with Gasteiger partial charge in [0.15, 0.2) is 0 Å². The first-order valence-corrected chi connectivity index (χ1v) is 7.96. The summed E-state index contributed by atoms with van der Waals surface area (Å²) in [4.78, 5) is 13.5. The Bertz CT molecular complexity index is 514. The van der Waals surface area contributed by atoms with Gasteiger partial charge in [-0.3, -0.25) is 4.79 Å². The van der Waals surface area contributed by atoms with Gasteiger partial charge in [0.2, 0.25) is 5.91 Å². The lowest BCUT2D eigenvalue weighted by Gasteiger charge is -2.33. The van der Waals surface area contributed by atoms with Crippen LogP contribution in [0.15, 0.2) is 24.3 Å². The molecule has 0 N–H and O–H groups in total. The normalized spacial score (nSPS) is 18.8. The van der Waals surface area contributed by atoms with Gasteiger partial charge in [-0.25, -0.2) is 0 Å². The van der Waals surface area contributed by atoms with Crippen LogP contribution in [0.4, 0.5) is 13.2 Å². The molecule has 0 aromatic heterocycles. The SMILES string of the molecule is CCOc1ccc(CCC(=O)N2CCC[C@@H](C(F)(F)F)C2)cc1. The average Bonchev–Trinajstić information content (AvgIpc) is 2.53. The molecule has 23 heavy (non-hydrogen) atoms. The molecule has 1 aliphatic rings. The number of carbonyl (C=O) groups is 1. The van der Waals surface area contributed by atoms with Crippen molar-refractivity contribution in [3.63, 3.8) is 0 Å². The zero-order valence-corrected chi connectivity index (χ0v) is 13.2. The van der Waals surface area contributed by atoms with Gasteiger partial charge in [0.25, 0.3) is 0 Å². The number of nitrogens with zero attached hydrogens (tertiary/aromatic N) is 1. The van der Waals surface area contributed by atoms with Crippen LogP contribution < -0.4 is 4.74 Å². The van der Waals surface area contributed by atoms with E-state index in [1.54, 1.807) is 0 Å². The Morgan fingerprint density at radius 3 is 2.61 bits per heavy atom. The zero-order chi connectivity index (χ0) is 16.9. The number of hydrogen-bond donors (Lipinski definition) is 0. The molecular weight excluding hydrogens is 307 g/mol. The molecule has 1 fully saturated rings. The minimum atomic E-state index is -4.21. The maximum absolute atomic E-state index is 12.8. The van der Waals surface area contributed by atoms with Crippen molar-refractivity contribution in [2.45, 2.75) is 38.8 Å². The van der Waals surface area contributed by atoms with Gasteiger partial charge in [-0.1, -0.05) is 12.1 Å². The van der Waals surface area contributed by atoms with E-state index >= 15 is 0 Å². The molecule has 2 rings (SSSR count). The van der Waals surface area contributed by atoms with Gasteiger partial charge < -0.3 is 9.64 Å². The topological polar surface area (TPSA) is 29.5 Å². The molecular formula is C17H22F3NO2. The highest BCUT2D eigenvalue weighted by Crippen LogP contribution is 2.33. The number of amides is 1. The van der Waals surface area contributed by atoms with Crippen LogP contribution >= 0.6 is 0 Å². The van der Waals surface area contributed by atoms with Crippen LogP contribution in [0.25, 0.3) is 0 Å². The first-order chi connectivity index (χ1) is 10.9. The summed E-state index contributed by atoms with van der Waals surface area (Å²) in [6.45, 7) is 2.72. The van der Waals surface area contributed by atoms with Crippen molar-refractivity contribution in [3.05, 3.63) is 29.8 Å². The van der Waals surface area contributed by atoms with E-state index in [0.717, 1.165) is 11.3 Å². The molecule has 128 valence electrons. The Morgan fingerprint density at radius 1 is 1.30 bits per heavy atom. The van der Waals surface area contributed by atoms with Gasteiger partial charge in [-0.2, -0.15) is 13.2 Å². The predicted molar refractivity (Wildman–Crippen MR) is 81.3 cm³/mol. The van der Waals surface area contributed by atoms with E-state index in [2.05, 4.69) is 0 Å². The number of piperidine rings is 1. The van der Waals surface area contributed by atoms with Crippen molar-refractivity contribution < 1.29 is 22.7 Å². The first-order valence-electron chi connectivity index (χ1n) is 7.96. The van der Waals surface area contributed by atoms with Crippen LogP contribution in [0.1, 0.15) is 31.7 Å². The van der Waals surface area contributed by atoms with Crippen molar-refractivity contribution in [1.82, 2.24) is 4.90 Å². The second-order valence-electron chi connectivity index (χ2n) is 5.80. The van der Waals surface area contributed by atoms with E-state index in [0.29, 0.717) is 26.0 Å². The van der Waals surface area contributed by atoms with Gasteiger partial charge >= 0.3 is 6.18 Å². The van der Waals surface area contributed by atoms with Gasteiger partial charge in [-0.05, 0) is 43.9 Å². The fourth-order valence-electron chi connectivity index (χ4n) is 2.80. The summed E-state index contributed by atoms with van der Waals surface area (Å²) in [7, 11) is 0. The van der Waals surface area contributed by atoms with Crippen molar-refractivity contribution >= 4 is 5.91 Å². The number of rotatable bonds is 5. The molecule has 3 nitrogen and oxygen atoms in total. The first kappa shape index (κ1) is 17.6. The second-order valence-corrected chi connectivity index (χ2v) is 5.80. The third-order valence-electron chi connectivity index (χ3n) is 4.10. The Labute approximate surface area is 134 Å². The predicted octanol–water partition coefficient (Wildman–Crippen LogP) is 3.82. The molecule has 1 amide bonds. The summed E-state index contributed by atoms with van der Waals surface area (Å²) in [6.07, 6.45) is -2.92. The highest BCUT2D eigenvalue weighted by atomic mass is 19.4. The lowest BCUT2D eigenvalue weighted by Crippen LogP contribution is -2.44. The molecule has 6 heteroatoms. The number of aryl methyl sites for hydroxylation is 1. The number of hydrogen-bond acceptors (Lipinski definition) is 2. The van der Waals surface area contributed by atoms with E-state index in [1.165, 1.54) is 4.90 Å². The Balaban J connectivity index is 1.84. The van der Waals surface area contributed by atoms with Crippen molar-refractivity contribution in [2.75, 3.05) is 19.7 Å². The van der Waals surface area contributed by atoms with E-state index < -0.39 is 12.1 Å². The quantitative estimate of drug-likeness (QED) is 0.822. The molecule has 1 saturated heterocycles. The van der Waals surface area contributed by atoms with Crippen LogP contribution in [0.2, 0.25) is 0 Å². The zero-order valence-electron chi connectivity index (χ0n) is 13.2. The monoisotopic (exact) mass is 329 g/mol. The highest BCUT2D eigenvalue weighted by Gasteiger charge is 2.42. The molecule has 0 radical (unpaired) electrons. The number of benzene rings is 1. The smallest absolute Gasteiger partial charge is 0.393 e. The summed E-state index contributed by atoms with van der Waals surface area (Å²) >= 11 is 0. The van der Waals surface area contributed by atoms with E-state index in [1.807, 2.05) is 31.2 Å². The third kappa shape index (κ3) is 5.15. The lowest BCUT2D eigenvalue weighted by atomic mass is 9.97. The second kappa shape index (κ2) is 7.70. The molecule has 0 unspecified atom stereocenters. The van der Waals surface area contributed by atoms with Crippen molar-refractivity contribution in [2.24, 2.45) is 5.92 Å². The van der Waals surface area contributed by atoms with Crippen LogP contribution in [-0.2, 0) is 11.2 Å². The summed E-state index contributed by atoms with van der Waals surface area (Å²) in [5.74, 6) is -0.815. The van der Waals surface area contributed by atoms with Crippen molar-refractivity contribution in [3.8, 4) is 5.75 Å². The number of ether oxygens (including phenoxy) is 1. The van der Waals surface area contributed by atoms with Gasteiger partial charge in [0.05, 0.1) is 12.5 Å². The van der Waals surface area contributed by atoms with Crippen molar-refractivity contribution in [1.29, 1.82) is 0 Å². The standard InChI is InChI=1S/C17H22F3NO2/c1-2-23-15-8-5-13(6-9-15)7-10-16(22)21-11-3-4-14(12-21)17(18,19)20/h5-6,8-9,14H,2-4,7,10-12H2,1H3/t14-/m1/s1. The Kier molecular flexibility index (Phi) is 5.91. The average molecular weight is 329 g/mol. The third-order valence-corrected chi connectivity index (χ3v) is 4.10. The minimum Gasteiger partial charge on any atom is -0.494 e. The van der Waals surface area contributed by atoms with Crippen LogP contribution in [0, 0.1) is 5.92 Å². The molecule has 1 aromatic carbocycles. The molecule has 1 aromatic rings. The van der Waals surface area contributed by atoms with E-state index in [4.69, 9.17) is 4.74 Å². The van der Waals surface area contributed by atoms with Crippen LogP contribution in [-0.4, -0.2) is 36.7 Å². The summed E-state index contributed by atoms with van der Waals surface area (Å²) in [5.41, 5.74) is 0.978. The fourth-order valence-corrected chi connectivity index (χ4v) is 2.80. The summed E-state index contributed by atoms with van der Waals surface area (Å²) < 4.78 is 43.7. The van der Waals surface area contributed by atoms with Crippen LogP contribution in [0.5, 0.6) is 5.75 Å². The molecule has 0 spiro atoms. The maximum Gasteiger partial charge on any atom is 0.393 e. The lowest BCUT2D eigenvalue weighted by molar-refractivity contribution is -0.188. The van der Waals surface area contributed by atoms with Gasteiger partial charge in [0.1, 0.15) is 5.75 Å². The highest BCUT2D eigenvalue weighted by molar-refractivity contribution is 5.76. The molecule has 1 aliphatic heterocycles. The maximum atomic E-state index is 12.8. The minimum absolute atomic E-state index is 0.117. The Morgan fingerprint density at radius 2 is 2.00 bits per heavy atom. The largest absolute Gasteiger partial charge is 0.494 e. The number of likely N-dealkylation sites (tertiary alicyclic amines) is 1. The van der Waals surface area contributed by atoms with Gasteiger partial charge in [-0.15, -0.1) is 0 Å². The molecule has 0 bridgehead atoms. The van der Waals surface area contributed by atoms with E-state index in [-0.39, 0.29) is 25.3 Å². The van der Waals surface area contributed by atoms with E-state index in [9.17, 15) is 18.0 Å². The molecule has 1 atom stereocenters. The molecule has 1 heterocycles. The van der Waals surface area contributed by atoms with Gasteiger partial charge in [0, 0.05) is 19.5 Å². The number of alkyl halides is 3. The summed E-state index contributed by atoms with van der Waals surface area (Å²) in [5, 5.41) is 0. The molecule has 0 saturated carbocycles. The number of carbonyl (C=O) groups excluding carboxylic acids is 1.